The summed E-state index contributed by atoms with van der Waals surface area (Å²) in [5.74, 6) is -0.0475. The molecule has 0 atom stereocenters. The molecule has 2 aromatic rings. The van der Waals surface area contributed by atoms with Crippen LogP contribution in [0.5, 0.6) is 0 Å². The van der Waals surface area contributed by atoms with E-state index in [2.05, 4.69) is 5.32 Å². The van der Waals surface area contributed by atoms with Crippen LogP contribution in [-0.2, 0) is 14.8 Å². The highest BCUT2D eigenvalue weighted by molar-refractivity contribution is 7.89. The lowest BCUT2D eigenvalue weighted by Crippen LogP contribution is -2.51. The average Bonchev–Trinajstić information content (AvgIpc) is 2.67. The first-order valence-electron chi connectivity index (χ1n) is 8.29. The lowest BCUT2D eigenvalue weighted by molar-refractivity contribution is -0.130. The molecule has 0 aromatic heterocycles. The molecule has 0 aliphatic carbocycles. The highest BCUT2D eigenvalue weighted by atomic mass is 35.5. The Morgan fingerprint density at radius 3 is 2.30 bits per heavy atom. The highest BCUT2D eigenvalue weighted by Crippen LogP contribution is 2.21. The second-order valence-electron chi connectivity index (χ2n) is 5.96. The molecule has 0 radical (unpaired) electrons. The molecule has 0 saturated carbocycles. The quantitative estimate of drug-likeness (QED) is 0.792. The van der Waals surface area contributed by atoms with Crippen molar-refractivity contribution in [3.63, 3.8) is 0 Å². The Morgan fingerprint density at radius 2 is 1.67 bits per heavy atom. The zero-order valence-corrected chi connectivity index (χ0v) is 16.9. The fraction of sp³-hybridized carbons (Fsp3) is 0.278. The van der Waals surface area contributed by atoms with Gasteiger partial charge in [-0.2, -0.15) is 4.31 Å². The fourth-order valence-corrected chi connectivity index (χ4v) is 4.52. The average molecular weight is 430 g/mol. The van der Waals surface area contributed by atoms with Gasteiger partial charge in [0.15, 0.2) is 0 Å². The number of rotatable bonds is 5. The number of halogens is 2. The van der Waals surface area contributed by atoms with E-state index in [1.54, 1.807) is 17.0 Å². The van der Waals surface area contributed by atoms with Crippen molar-refractivity contribution in [1.82, 2.24) is 9.21 Å². The molecule has 3 rings (SSSR count). The lowest BCUT2D eigenvalue weighted by Gasteiger charge is -2.34. The standard InChI is InChI=1S/C18H20ClN3O3S.ClH/c19-15-5-4-8-17(13-15)26(24,25)22-11-9-21(10-12-22)18(23)14-20-16-6-2-1-3-7-16;/h1-8,13,20H,9-12,14H2;1H. The van der Waals surface area contributed by atoms with Crippen molar-refractivity contribution in [2.75, 3.05) is 38.0 Å². The maximum atomic E-state index is 12.7. The lowest BCUT2D eigenvalue weighted by atomic mass is 10.3. The number of anilines is 1. The summed E-state index contributed by atoms with van der Waals surface area (Å²) in [6, 6.07) is 15.7. The van der Waals surface area contributed by atoms with Crippen LogP contribution in [0.3, 0.4) is 0 Å². The Hall–Kier alpha value is -1.80. The number of piperazine rings is 1. The third kappa shape index (κ3) is 5.35. The predicted molar refractivity (Wildman–Crippen MR) is 109 cm³/mol. The maximum Gasteiger partial charge on any atom is 0.243 e. The molecular formula is C18H21Cl2N3O3S. The molecule has 0 unspecified atom stereocenters. The fourth-order valence-electron chi connectivity index (χ4n) is 2.80. The van der Waals surface area contributed by atoms with Crippen molar-refractivity contribution >= 4 is 45.6 Å². The number of nitrogens with one attached hydrogen (secondary N) is 1. The smallest absolute Gasteiger partial charge is 0.243 e. The van der Waals surface area contributed by atoms with Crippen LogP contribution in [0.1, 0.15) is 0 Å². The summed E-state index contributed by atoms with van der Waals surface area (Å²) in [4.78, 5) is 14.2. The molecule has 146 valence electrons. The van der Waals surface area contributed by atoms with E-state index in [-0.39, 0.29) is 42.8 Å². The first-order valence-corrected chi connectivity index (χ1v) is 10.1. The third-order valence-corrected chi connectivity index (χ3v) is 6.37. The number of sulfonamides is 1. The Kier molecular flexibility index (Phi) is 7.49. The number of nitrogens with zero attached hydrogens (tertiary/aromatic N) is 2. The number of carbonyl (C=O) groups is 1. The van der Waals surface area contributed by atoms with E-state index in [0.717, 1.165) is 5.69 Å². The van der Waals surface area contributed by atoms with Gasteiger partial charge in [-0.25, -0.2) is 8.42 Å². The van der Waals surface area contributed by atoms with Crippen molar-refractivity contribution in [2.45, 2.75) is 4.90 Å². The van der Waals surface area contributed by atoms with Crippen molar-refractivity contribution in [2.24, 2.45) is 0 Å². The normalized spacial score (nSPS) is 15.1. The summed E-state index contributed by atoms with van der Waals surface area (Å²) >= 11 is 5.90. The summed E-state index contributed by atoms with van der Waals surface area (Å²) in [5, 5.41) is 3.46. The van der Waals surface area contributed by atoms with Gasteiger partial charge in [0.2, 0.25) is 15.9 Å². The van der Waals surface area contributed by atoms with Gasteiger partial charge in [-0.1, -0.05) is 35.9 Å². The minimum absolute atomic E-state index is 0. The number of hydrogen-bond donors (Lipinski definition) is 1. The topological polar surface area (TPSA) is 69.7 Å². The van der Waals surface area contributed by atoms with Gasteiger partial charge in [-0.15, -0.1) is 12.4 Å². The first-order chi connectivity index (χ1) is 12.5. The number of carbonyl (C=O) groups excluding carboxylic acids is 1. The maximum absolute atomic E-state index is 12.7. The Morgan fingerprint density at radius 1 is 1.00 bits per heavy atom. The van der Waals surface area contributed by atoms with E-state index >= 15 is 0 Å². The summed E-state index contributed by atoms with van der Waals surface area (Å²) in [6.45, 7) is 1.47. The second-order valence-corrected chi connectivity index (χ2v) is 8.34. The molecule has 0 spiro atoms. The molecular weight excluding hydrogens is 409 g/mol. The highest BCUT2D eigenvalue weighted by Gasteiger charge is 2.30. The van der Waals surface area contributed by atoms with Gasteiger partial charge in [-0.05, 0) is 30.3 Å². The van der Waals surface area contributed by atoms with E-state index in [1.165, 1.54) is 16.4 Å². The minimum Gasteiger partial charge on any atom is -0.376 e. The molecule has 1 amide bonds. The van der Waals surface area contributed by atoms with E-state index in [0.29, 0.717) is 18.1 Å². The molecule has 1 fully saturated rings. The zero-order chi connectivity index (χ0) is 18.6. The van der Waals surface area contributed by atoms with Gasteiger partial charge in [0, 0.05) is 36.9 Å². The van der Waals surface area contributed by atoms with Gasteiger partial charge in [0.05, 0.1) is 11.4 Å². The van der Waals surface area contributed by atoms with Crippen LogP contribution in [0.15, 0.2) is 59.5 Å². The number of hydrogen-bond acceptors (Lipinski definition) is 4. The van der Waals surface area contributed by atoms with Gasteiger partial charge >= 0.3 is 0 Å². The van der Waals surface area contributed by atoms with Crippen LogP contribution < -0.4 is 5.32 Å². The molecule has 0 bridgehead atoms. The van der Waals surface area contributed by atoms with Gasteiger partial charge in [0.25, 0.3) is 0 Å². The summed E-state index contributed by atoms with van der Waals surface area (Å²) < 4.78 is 26.8. The molecule has 1 aliphatic rings. The Balaban J connectivity index is 0.00000261. The van der Waals surface area contributed by atoms with E-state index in [4.69, 9.17) is 11.6 Å². The van der Waals surface area contributed by atoms with Crippen molar-refractivity contribution in [1.29, 1.82) is 0 Å². The summed E-state index contributed by atoms with van der Waals surface area (Å²) in [7, 11) is -3.59. The molecule has 1 N–H and O–H groups in total. The number of para-hydroxylation sites is 1. The minimum atomic E-state index is -3.59. The van der Waals surface area contributed by atoms with Gasteiger partial charge < -0.3 is 10.2 Å². The van der Waals surface area contributed by atoms with Crippen LogP contribution in [0, 0.1) is 0 Å². The van der Waals surface area contributed by atoms with Crippen LogP contribution in [0.2, 0.25) is 5.02 Å². The van der Waals surface area contributed by atoms with Crippen molar-refractivity contribution in [3.8, 4) is 0 Å². The van der Waals surface area contributed by atoms with Gasteiger partial charge in [-0.3, -0.25) is 4.79 Å². The van der Waals surface area contributed by atoms with E-state index in [1.807, 2.05) is 30.3 Å². The van der Waals surface area contributed by atoms with Crippen molar-refractivity contribution in [3.05, 3.63) is 59.6 Å². The van der Waals surface area contributed by atoms with Crippen LogP contribution >= 0.6 is 24.0 Å². The largest absolute Gasteiger partial charge is 0.376 e. The van der Waals surface area contributed by atoms with Crippen LogP contribution in [0.25, 0.3) is 0 Å². The number of benzene rings is 2. The predicted octanol–water partition coefficient (Wildman–Crippen LogP) is 2.71. The molecule has 27 heavy (non-hydrogen) atoms. The monoisotopic (exact) mass is 429 g/mol. The molecule has 1 aliphatic heterocycles. The number of amides is 1. The Labute approximate surface area is 170 Å². The summed E-state index contributed by atoms with van der Waals surface area (Å²) in [5.41, 5.74) is 0.878. The zero-order valence-electron chi connectivity index (χ0n) is 14.5. The van der Waals surface area contributed by atoms with Crippen LogP contribution in [-0.4, -0.2) is 56.3 Å². The van der Waals surface area contributed by atoms with E-state index in [9.17, 15) is 13.2 Å². The third-order valence-electron chi connectivity index (χ3n) is 4.24. The first kappa shape index (κ1) is 21.5. The Bertz CT molecular complexity index is 870. The second kappa shape index (κ2) is 9.41. The SMILES string of the molecule is Cl.O=C(CNc1ccccc1)N1CCN(S(=O)(=O)c2cccc(Cl)c2)CC1. The van der Waals surface area contributed by atoms with Gasteiger partial charge in [0.1, 0.15) is 0 Å². The van der Waals surface area contributed by atoms with Crippen molar-refractivity contribution < 1.29 is 13.2 Å². The molecule has 9 heteroatoms. The molecule has 6 nitrogen and oxygen atoms in total. The summed E-state index contributed by atoms with van der Waals surface area (Å²) in [6.07, 6.45) is 0. The molecule has 1 heterocycles. The van der Waals surface area contributed by atoms with E-state index < -0.39 is 10.0 Å². The molecule has 1 saturated heterocycles. The van der Waals surface area contributed by atoms with Crippen LogP contribution in [0.4, 0.5) is 5.69 Å². The molecule has 2 aromatic carbocycles.